The second-order valence-corrected chi connectivity index (χ2v) is 6.70. The first-order chi connectivity index (χ1) is 11.7. The van der Waals surface area contributed by atoms with E-state index in [1.54, 1.807) is 12.3 Å². The Labute approximate surface area is 150 Å². The van der Waals surface area contributed by atoms with Gasteiger partial charge < -0.3 is 9.64 Å². The highest BCUT2D eigenvalue weighted by Crippen LogP contribution is 2.22. The fourth-order valence-electron chi connectivity index (χ4n) is 2.60. The Morgan fingerprint density at radius 1 is 1.25 bits per heavy atom. The summed E-state index contributed by atoms with van der Waals surface area (Å²) in [4.78, 5) is 22.7. The molecule has 1 fully saturated rings. The molecular weight excluding hydrogens is 346 g/mol. The van der Waals surface area contributed by atoms with Crippen LogP contribution >= 0.6 is 23.4 Å². The van der Waals surface area contributed by atoms with Crippen LogP contribution < -0.4 is 4.74 Å². The Morgan fingerprint density at radius 3 is 2.62 bits per heavy atom. The number of nitrogens with zero attached hydrogens (tertiary/aromatic N) is 3. The molecule has 0 bridgehead atoms. The number of benzene rings is 1. The van der Waals surface area contributed by atoms with Gasteiger partial charge in [-0.15, -0.1) is 0 Å². The van der Waals surface area contributed by atoms with Crippen LogP contribution in [-0.2, 0) is 0 Å². The van der Waals surface area contributed by atoms with Crippen molar-refractivity contribution in [2.45, 2.75) is 24.1 Å². The number of aromatic nitrogens is 2. The van der Waals surface area contributed by atoms with Gasteiger partial charge in [-0.2, -0.15) is 0 Å². The zero-order chi connectivity index (χ0) is 16.9. The molecule has 1 aliphatic heterocycles. The van der Waals surface area contributed by atoms with E-state index >= 15 is 0 Å². The Hall–Kier alpha value is -1.79. The molecule has 0 atom stereocenters. The van der Waals surface area contributed by atoms with E-state index in [2.05, 4.69) is 9.97 Å². The summed E-state index contributed by atoms with van der Waals surface area (Å²) in [7, 11) is 0. The SMILES string of the molecule is CSc1nccc(C(=O)N2CCC(Oc3ccc(Cl)cc3)CC2)n1. The van der Waals surface area contributed by atoms with Crippen LogP contribution in [-0.4, -0.2) is 46.2 Å². The summed E-state index contributed by atoms with van der Waals surface area (Å²) in [6.45, 7) is 1.32. The van der Waals surface area contributed by atoms with Crippen LogP contribution in [0.15, 0.2) is 41.7 Å². The number of carbonyl (C=O) groups is 1. The molecule has 7 heteroatoms. The number of likely N-dealkylation sites (tertiary alicyclic amines) is 1. The number of carbonyl (C=O) groups excluding carboxylic acids is 1. The molecule has 3 rings (SSSR count). The van der Waals surface area contributed by atoms with Crippen molar-refractivity contribution in [3.8, 4) is 5.75 Å². The molecule has 1 amide bonds. The largest absolute Gasteiger partial charge is 0.490 e. The van der Waals surface area contributed by atoms with E-state index in [1.807, 2.05) is 35.4 Å². The minimum atomic E-state index is -0.0438. The number of amides is 1. The van der Waals surface area contributed by atoms with Gasteiger partial charge in [0, 0.05) is 37.2 Å². The molecule has 0 aliphatic carbocycles. The van der Waals surface area contributed by atoms with Gasteiger partial charge >= 0.3 is 0 Å². The van der Waals surface area contributed by atoms with Crippen molar-refractivity contribution in [3.63, 3.8) is 0 Å². The first kappa shape index (κ1) is 17.0. The van der Waals surface area contributed by atoms with E-state index in [4.69, 9.17) is 16.3 Å². The Bertz CT molecular complexity index is 703. The molecule has 0 N–H and O–H groups in total. The Balaban J connectivity index is 1.56. The van der Waals surface area contributed by atoms with E-state index in [1.165, 1.54) is 11.8 Å². The van der Waals surface area contributed by atoms with Gasteiger partial charge in [0.05, 0.1) is 0 Å². The highest BCUT2D eigenvalue weighted by molar-refractivity contribution is 7.98. The maximum absolute atomic E-state index is 12.5. The molecule has 5 nitrogen and oxygen atoms in total. The van der Waals surface area contributed by atoms with Gasteiger partial charge in [0.2, 0.25) is 0 Å². The third kappa shape index (κ3) is 4.19. The van der Waals surface area contributed by atoms with Crippen LogP contribution in [0.1, 0.15) is 23.3 Å². The quantitative estimate of drug-likeness (QED) is 0.614. The van der Waals surface area contributed by atoms with Gasteiger partial charge in [-0.3, -0.25) is 4.79 Å². The summed E-state index contributed by atoms with van der Waals surface area (Å²) in [5, 5.41) is 1.30. The van der Waals surface area contributed by atoms with Gasteiger partial charge in [-0.25, -0.2) is 9.97 Å². The number of rotatable bonds is 4. The average molecular weight is 364 g/mol. The highest BCUT2D eigenvalue weighted by atomic mass is 35.5. The van der Waals surface area contributed by atoms with E-state index in [-0.39, 0.29) is 12.0 Å². The third-order valence-corrected chi connectivity index (χ3v) is 4.69. The lowest BCUT2D eigenvalue weighted by molar-refractivity contribution is 0.0589. The normalized spacial score (nSPS) is 15.3. The number of ether oxygens (including phenoxy) is 1. The van der Waals surface area contributed by atoms with Crippen molar-refractivity contribution in [2.24, 2.45) is 0 Å². The summed E-state index contributed by atoms with van der Waals surface area (Å²) in [5.74, 6) is 0.766. The van der Waals surface area contributed by atoms with Crippen molar-refractivity contribution in [1.29, 1.82) is 0 Å². The fraction of sp³-hybridized carbons (Fsp3) is 0.353. The maximum Gasteiger partial charge on any atom is 0.272 e. The molecule has 1 saturated heterocycles. The number of thioether (sulfide) groups is 1. The second-order valence-electron chi connectivity index (χ2n) is 5.49. The molecule has 0 unspecified atom stereocenters. The molecule has 1 aromatic heterocycles. The average Bonchev–Trinajstić information content (AvgIpc) is 2.64. The minimum Gasteiger partial charge on any atom is -0.490 e. The first-order valence-corrected chi connectivity index (χ1v) is 9.34. The van der Waals surface area contributed by atoms with Gasteiger partial charge in [0.25, 0.3) is 5.91 Å². The van der Waals surface area contributed by atoms with Crippen molar-refractivity contribution in [2.75, 3.05) is 19.3 Å². The second kappa shape index (κ2) is 7.85. The number of halogens is 1. The molecule has 0 radical (unpaired) electrons. The predicted molar refractivity (Wildman–Crippen MR) is 94.8 cm³/mol. The molecule has 0 spiro atoms. The zero-order valence-electron chi connectivity index (χ0n) is 13.3. The predicted octanol–water partition coefficient (Wildman–Crippen LogP) is 3.54. The summed E-state index contributed by atoms with van der Waals surface area (Å²) in [6.07, 6.45) is 5.23. The molecule has 1 aliphatic rings. The van der Waals surface area contributed by atoms with Gasteiger partial charge in [-0.1, -0.05) is 23.4 Å². The Kier molecular flexibility index (Phi) is 5.58. The number of piperidine rings is 1. The van der Waals surface area contributed by atoms with E-state index in [0.29, 0.717) is 29.0 Å². The molecule has 2 aromatic rings. The van der Waals surface area contributed by atoms with Crippen molar-refractivity contribution >= 4 is 29.3 Å². The van der Waals surface area contributed by atoms with Crippen LogP contribution in [0.3, 0.4) is 0 Å². The van der Waals surface area contributed by atoms with Crippen LogP contribution in [0.25, 0.3) is 0 Å². The molecule has 126 valence electrons. The van der Waals surface area contributed by atoms with Crippen LogP contribution in [0.2, 0.25) is 5.02 Å². The Morgan fingerprint density at radius 2 is 1.96 bits per heavy atom. The monoisotopic (exact) mass is 363 g/mol. The van der Waals surface area contributed by atoms with Crippen LogP contribution in [0.5, 0.6) is 5.75 Å². The summed E-state index contributed by atoms with van der Waals surface area (Å²) in [5.41, 5.74) is 0.450. The van der Waals surface area contributed by atoms with Crippen LogP contribution in [0, 0.1) is 0 Å². The minimum absolute atomic E-state index is 0.0438. The van der Waals surface area contributed by atoms with Crippen LogP contribution in [0.4, 0.5) is 0 Å². The van der Waals surface area contributed by atoms with E-state index in [9.17, 15) is 4.79 Å². The van der Waals surface area contributed by atoms with Gasteiger partial charge in [-0.05, 0) is 36.6 Å². The first-order valence-electron chi connectivity index (χ1n) is 7.74. The summed E-state index contributed by atoms with van der Waals surface area (Å²) < 4.78 is 5.96. The standard InChI is InChI=1S/C17H18ClN3O2S/c1-24-17-19-9-6-15(20-17)16(22)21-10-7-14(8-11-21)23-13-4-2-12(18)3-5-13/h2-6,9,14H,7-8,10-11H2,1H3. The molecule has 0 saturated carbocycles. The highest BCUT2D eigenvalue weighted by Gasteiger charge is 2.25. The van der Waals surface area contributed by atoms with E-state index in [0.717, 1.165) is 18.6 Å². The smallest absolute Gasteiger partial charge is 0.272 e. The topological polar surface area (TPSA) is 55.3 Å². The van der Waals surface area contributed by atoms with E-state index < -0.39 is 0 Å². The summed E-state index contributed by atoms with van der Waals surface area (Å²) in [6, 6.07) is 9.02. The fourth-order valence-corrected chi connectivity index (χ4v) is 3.08. The molecule has 2 heterocycles. The third-order valence-electron chi connectivity index (χ3n) is 3.88. The summed E-state index contributed by atoms with van der Waals surface area (Å²) >= 11 is 7.30. The van der Waals surface area contributed by atoms with Crippen molar-refractivity contribution < 1.29 is 9.53 Å². The lowest BCUT2D eigenvalue weighted by Crippen LogP contribution is -2.42. The molecule has 24 heavy (non-hydrogen) atoms. The van der Waals surface area contributed by atoms with Gasteiger partial charge in [0.15, 0.2) is 5.16 Å². The zero-order valence-corrected chi connectivity index (χ0v) is 14.9. The number of hydrogen-bond acceptors (Lipinski definition) is 5. The molecule has 1 aromatic carbocycles. The number of hydrogen-bond donors (Lipinski definition) is 0. The van der Waals surface area contributed by atoms with Crippen molar-refractivity contribution in [3.05, 3.63) is 47.2 Å². The molecular formula is C17H18ClN3O2S. The maximum atomic E-state index is 12.5. The lowest BCUT2D eigenvalue weighted by Gasteiger charge is -2.32. The lowest BCUT2D eigenvalue weighted by atomic mass is 10.1. The van der Waals surface area contributed by atoms with Gasteiger partial charge in [0.1, 0.15) is 17.5 Å². The van der Waals surface area contributed by atoms with Crippen molar-refractivity contribution in [1.82, 2.24) is 14.9 Å².